The van der Waals surface area contributed by atoms with Crippen molar-refractivity contribution in [2.45, 2.75) is 11.3 Å². The fourth-order valence-electron chi connectivity index (χ4n) is 1.96. The molecule has 0 bridgehead atoms. The minimum Gasteiger partial charge on any atom is -0.469 e. The van der Waals surface area contributed by atoms with Gasteiger partial charge in [0.15, 0.2) is 0 Å². The van der Waals surface area contributed by atoms with Gasteiger partial charge in [-0.15, -0.1) is 13.2 Å². The third-order valence-electron chi connectivity index (χ3n) is 3.08. The number of nitrogens with zero attached hydrogens (tertiary/aromatic N) is 1. The summed E-state index contributed by atoms with van der Waals surface area (Å²) < 4.78 is 70.7. The highest BCUT2D eigenvalue weighted by molar-refractivity contribution is 7.89. The highest BCUT2D eigenvalue weighted by atomic mass is 32.2. The molecule has 0 spiro atoms. The first-order valence-corrected chi connectivity index (χ1v) is 7.52. The quantitative estimate of drug-likeness (QED) is 0.775. The molecular formula is C12H12F3NO5S. The van der Waals surface area contributed by atoms with Gasteiger partial charge in [-0.05, 0) is 12.1 Å². The fraction of sp³-hybridized carbons (Fsp3) is 0.417. The van der Waals surface area contributed by atoms with Crippen LogP contribution in [0.15, 0.2) is 29.2 Å². The summed E-state index contributed by atoms with van der Waals surface area (Å²) >= 11 is 0. The minimum absolute atomic E-state index is 0.143. The standard InChI is InChI=1S/C12H12F3NO5S/c1-20-11(17)8-6-16(7-8)22(18,19)10-5-3-2-4-9(10)21-12(13,14)15/h2-5,8H,6-7H2,1H3. The van der Waals surface area contributed by atoms with Gasteiger partial charge in [0.05, 0.1) is 13.0 Å². The Balaban J connectivity index is 2.23. The Bertz CT molecular complexity index is 668. The molecule has 1 fully saturated rings. The zero-order valence-corrected chi connectivity index (χ0v) is 12.1. The summed E-state index contributed by atoms with van der Waals surface area (Å²) in [6.45, 7) is -0.287. The topological polar surface area (TPSA) is 72.9 Å². The molecule has 1 saturated heterocycles. The average Bonchev–Trinajstić information content (AvgIpc) is 2.34. The fourth-order valence-corrected chi connectivity index (χ4v) is 3.61. The molecule has 0 aliphatic carbocycles. The average molecular weight is 339 g/mol. The monoisotopic (exact) mass is 339 g/mol. The number of rotatable bonds is 4. The van der Waals surface area contributed by atoms with Crippen LogP contribution in [0, 0.1) is 5.92 Å². The molecule has 10 heteroatoms. The summed E-state index contributed by atoms with van der Waals surface area (Å²) in [6, 6.07) is 4.45. The van der Waals surface area contributed by atoms with Crippen LogP contribution in [0.3, 0.4) is 0 Å². The van der Waals surface area contributed by atoms with E-state index >= 15 is 0 Å². The lowest BCUT2D eigenvalue weighted by atomic mass is 10.0. The van der Waals surface area contributed by atoms with E-state index < -0.39 is 38.9 Å². The first-order chi connectivity index (χ1) is 10.1. The lowest BCUT2D eigenvalue weighted by Crippen LogP contribution is -2.53. The van der Waals surface area contributed by atoms with Gasteiger partial charge in [-0.25, -0.2) is 8.42 Å². The number of carbonyl (C=O) groups excluding carboxylic acids is 1. The van der Waals surface area contributed by atoms with Gasteiger partial charge in [0.25, 0.3) is 0 Å². The summed E-state index contributed by atoms with van der Waals surface area (Å²) in [5, 5.41) is 0. The van der Waals surface area contributed by atoms with E-state index in [9.17, 15) is 26.4 Å². The lowest BCUT2D eigenvalue weighted by Gasteiger charge is -2.36. The van der Waals surface area contributed by atoms with Crippen molar-refractivity contribution in [1.82, 2.24) is 4.31 Å². The van der Waals surface area contributed by atoms with Crippen LogP contribution >= 0.6 is 0 Å². The molecule has 2 rings (SSSR count). The number of ether oxygens (including phenoxy) is 2. The third-order valence-corrected chi connectivity index (χ3v) is 4.95. The summed E-state index contributed by atoms with van der Waals surface area (Å²) in [4.78, 5) is 10.6. The van der Waals surface area contributed by atoms with Crippen molar-refractivity contribution < 1.29 is 35.9 Å². The van der Waals surface area contributed by atoms with Crippen LogP contribution in [-0.2, 0) is 19.6 Å². The Morgan fingerprint density at radius 1 is 1.27 bits per heavy atom. The first-order valence-electron chi connectivity index (χ1n) is 6.08. The number of halogens is 3. The molecule has 0 saturated carbocycles. The Morgan fingerprint density at radius 3 is 2.41 bits per heavy atom. The van der Waals surface area contributed by atoms with Crippen molar-refractivity contribution in [2.75, 3.05) is 20.2 Å². The van der Waals surface area contributed by atoms with E-state index in [1.165, 1.54) is 19.2 Å². The highest BCUT2D eigenvalue weighted by Gasteiger charge is 2.43. The van der Waals surface area contributed by atoms with Crippen LogP contribution in [0.4, 0.5) is 13.2 Å². The molecule has 1 aliphatic rings. The molecule has 122 valence electrons. The van der Waals surface area contributed by atoms with Crippen LogP contribution in [0.25, 0.3) is 0 Å². The molecule has 1 aromatic carbocycles. The number of carbonyl (C=O) groups is 1. The Labute approximate surface area is 124 Å². The number of sulfonamides is 1. The Kier molecular flexibility index (Phi) is 4.34. The van der Waals surface area contributed by atoms with Gasteiger partial charge >= 0.3 is 12.3 Å². The van der Waals surface area contributed by atoms with Crippen LogP contribution in [-0.4, -0.2) is 45.3 Å². The predicted molar refractivity (Wildman–Crippen MR) is 67.4 cm³/mol. The summed E-state index contributed by atoms with van der Waals surface area (Å²) in [5.41, 5.74) is 0. The molecule has 1 heterocycles. The normalized spacial score (nSPS) is 16.9. The van der Waals surface area contributed by atoms with Gasteiger partial charge in [0, 0.05) is 13.1 Å². The van der Waals surface area contributed by atoms with Gasteiger partial charge in [0.1, 0.15) is 10.6 Å². The lowest BCUT2D eigenvalue weighted by molar-refractivity contribution is -0.275. The van der Waals surface area contributed by atoms with Gasteiger partial charge in [-0.1, -0.05) is 12.1 Å². The molecule has 0 amide bonds. The molecule has 0 atom stereocenters. The van der Waals surface area contributed by atoms with E-state index in [1.54, 1.807) is 0 Å². The van der Waals surface area contributed by atoms with Crippen LogP contribution < -0.4 is 4.74 Å². The maximum absolute atomic E-state index is 12.3. The van der Waals surface area contributed by atoms with Crippen molar-refractivity contribution in [1.29, 1.82) is 0 Å². The molecule has 0 unspecified atom stereocenters. The van der Waals surface area contributed by atoms with Gasteiger partial charge < -0.3 is 9.47 Å². The minimum atomic E-state index is -5.00. The SMILES string of the molecule is COC(=O)C1CN(S(=O)(=O)c2ccccc2OC(F)(F)F)C1. The Morgan fingerprint density at radius 2 is 1.86 bits per heavy atom. The number of benzene rings is 1. The van der Waals surface area contributed by atoms with E-state index in [0.29, 0.717) is 0 Å². The molecule has 0 N–H and O–H groups in total. The molecule has 1 aliphatic heterocycles. The Hall–Kier alpha value is -1.81. The second-order valence-corrected chi connectivity index (χ2v) is 6.44. The molecule has 6 nitrogen and oxygen atoms in total. The van der Waals surface area contributed by atoms with E-state index in [-0.39, 0.29) is 13.1 Å². The zero-order chi connectivity index (χ0) is 16.5. The van der Waals surface area contributed by atoms with E-state index in [1.807, 2.05) is 0 Å². The smallest absolute Gasteiger partial charge is 0.469 e. The van der Waals surface area contributed by atoms with Crippen molar-refractivity contribution in [3.63, 3.8) is 0 Å². The molecule has 0 aromatic heterocycles. The second kappa shape index (κ2) is 5.76. The number of methoxy groups -OCH3 is 1. The van der Waals surface area contributed by atoms with Crippen molar-refractivity contribution >= 4 is 16.0 Å². The van der Waals surface area contributed by atoms with Crippen LogP contribution in [0.1, 0.15) is 0 Å². The van der Waals surface area contributed by atoms with Crippen LogP contribution in [0.2, 0.25) is 0 Å². The highest BCUT2D eigenvalue weighted by Crippen LogP contribution is 2.33. The number of para-hydroxylation sites is 1. The molecule has 1 aromatic rings. The summed E-state index contributed by atoms with van der Waals surface area (Å²) in [6.07, 6.45) is -5.00. The van der Waals surface area contributed by atoms with E-state index in [0.717, 1.165) is 16.4 Å². The maximum atomic E-state index is 12.3. The molecule has 0 radical (unpaired) electrons. The molecular weight excluding hydrogens is 327 g/mol. The van der Waals surface area contributed by atoms with E-state index in [2.05, 4.69) is 9.47 Å². The number of esters is 1. The number of hydrogen-bond donors (Lipinski definition) is 0. The van der Waals surface area contributed by atoms with Gasteiger partial charge in [-0.2, -0.15) is 4.31 Å². The van der Waals surface area contributed by atoms with Crippen molar-refractivity contribution in [2.24, 2.45) is 5.92 Å². The maximum Gasteiger partial charge on any atom is 0.573 e. The summed E-state index contributed by atoms with van der Waals surface area (Å²) in [7, 11) is -3.01. The second-order valence-electron chi connectivity index (χ2n) is 4.54. The van der Waals surface area contributed by atoms with Gasteiger partial charge in [-0.3, -0.25) is 4.79 Å². The number of alkyl halides is 3. The molecule has 22 heavy (non-hydrogen) atoms. The number of hydrogen-bond acceptors (Lipinski definition) is 5. The van der Waals surface area contributed by atoms with Crippen molar-refractivity contribution in [3.05, 3.63) is 24.3 Å². The van der Waals surface area contributed by atoms with Crippen molar-refractivity contribution in [3.8, 4) is 5.75 Å². The zero-order valence-electron chi connectivity index (χ0n) is 11.3. The van der Waals surface area contributed by atoms with E-state index in [4.69, 9.17) is 0 Å². The van der Waals surface area contributed by atoms with Crippen LogP contribution in [0.5, 0.6) is 5.75 Å². The largest absolute Gasteiger partial charge is 0.573 e. The first kappa shape index (κ1) is 16.6. The predicted octanol–water partition coefficient (Wildman–Crippen LogP) is 1.38. The summed E-state index contributed by atoms with van der Waals surface area (Å²) in [5.74, 6) is -1.99. The third kappa shape index (κ3) is 3.33. The van der Waals surface area contributed by atoms with Gasteiger partial charge in [0.2, 0.25) is 10.0 Å².